The van der Waals surface area contributed by atoms with Crippen LogP contribution in [0.4, 0.5) is 16.2 Å². The summed E-state index contributed by atoms with van der Waals surface area (Å²) in [6.07, 6.45) is 10.1. The van der Waals surface area contributed by atoms with E-state index in [2.05, 4.69) is 37.5 Å². The van der Waals surface area contributed by atoms with Gasteiger partial charge in [-0.15, -0.1) is 0 Å². The monoisotopic (exact) mass is 423 g/mol. The van der Waals surface area contributed by atoms with Gasteiger partial charge in [0.25, 0.3) is 0 Å². The van der Waals surface area contributed by atoms with Crippen LogP contribution in [0.15, 0.2) is 22.7 Å². The molecule has 6 heteroatoms. The number of hydrogen-bond acceptors (Lipinski definition) is 3. The molecule has 3 rings (SSSR count). The quantitative estimate of drug-likeness (QED) is 0.621. The zero-order valence-corrected chi connectivity index (χ0v) is 16.9. The first-order valence-corrected chi connectivity index (χ1v) is 10.7. The molecule has 0 atom stereocenters. The van der Waals surface area contributed by atoms with Crippen LogP contribution >= 0.6 is 15.9 Å². The first-order chi connectivity index (χ1) is 12.6. The maximum absolute atomic E-state index is 11.3. The Kier molecular flexibility index (Phi) is 7.20. The summed E-state index contributed by atoms with van der Waals surface area (Å²) in [5.41, 5.74) is 1.72. The van der Waals surface area contributed by atoms with Gasteiger partial charge in [0.15, 0.2) is 0 Å². The Bertz CT molecular complexity index is 597. The van der Waals surface area contributed by atoms with E-state index < -0.39 is 6.09 Å². The third-order valence-corrected chi connectivity index (χ3v) is 6.14. The van der Waals surface area contributed by atoms with Crippen molar-refractivity contribution < 1.29 is 9.90 Å². The number of carbonyl (C=O) groups is 1. The van der Waals surface area contributed by atoms with Gasteiger partial charge in [0.2, 0.25) is 0 Å². The molecular weight excluding hydrogens is 394 g/mol. The average molecular weight is 424 g/mol. The normalized spacial score (nSPS) is 20.2. The van der Waals surface area contributed by atoms with E-state index in [-0.39, 0.29) is 0 Å². The fourth-order valence-electron chi connectivity index (χ4n) is 4.43. The number of carboxylic acid groups (broad SMARTS) is 1. The molecule has 144 valence electrons. The van der Waals surface area contributed by atoms with Crippen LogP contribution in [0.25, 0.3) is 0 Å². The fourth-order valence-corrected chi connectivity index (χ4v) is 4.78. The summed E-state index contributed by atoms with van der Waals surface area (Å²) >= 11 is 3.59. The van der Waals surface area contributed by atoms with E-state index >= 15 is 0 Å². The van der Waals surface area contributed by atoms with E-state index in [1.165, 1.54) is 44.9 Å². The predicted octanol–water partition coefficient (Wildman–Crippen LogP) is 5.21. The zero-order chi connectivity index (χ0) is 18.4. The van der Waals surface area contributed by atoms with Crippen LogP contribution in [-0.4, -0.2) is 36.4 Å². The van der Waals surface area contributed by atoms with Crippen molar-refractivity contribution in [2.24, 2.45) is 0 Å². The van der Waals surface area contributed by atoms with Gasteiger partial charge in [0, 0.05) is 16.6 Å². The number of nitrogens with zero attached hydrogens (tertiary/aromatic N) is 1. The van der Waals surface area contributed by atoms with E-state index in [1.54, 1.807) is 0 Å². The molecule has 1 heterocycles. The molecule has 0 radical (unpaired) electrons. The summed E-state index contributed by atoms with van der Waals surface area (Å²) in [6.45, 7) is 2.06. The maximum atomic E-state index is 11.3. The minimum atomic E-state index is -1.00. The molecule has 1 aromatic rings. The number of hydrogen-bond donors (Lipinski definition) is 3. The lowest BCUT2D eigenvalue weighted by atomic mass is 9.92. The van der Waals surface area contributed by atoms with E-state index in [0.717, 1.165) is 36.1 Å². The lowest BCUT2D eigenvalue weighted by molar-refractivity contribution is 0.209. The van der Waals surface area contributed by atoms with Crippen LogP contribution in [0.1, 0.15) is 57.8 Å². The summed E-state index contributed by atoms with van der Waals surface area (Å²) in [7, 11) is 0. The molecule has 1 saturated heterocycles. The van der Waals surface area contributed by atoms with E-state index in [1.807, 2.05) is 12.1 Å². The van der Waals surface area contributed by atoms with Crippen LogP contribution < -0.4 is 15.5 Å². The van der Waals surface area contributed by atoms with E-state index in [4.69, 9.17) is 0 Å². The highest BCUT2D eigenvalue weighted by Crippen LogP contribution is 2.37. The molecule has 0 spiro atoms. The molecule has 1 amide bonds. The van der Waals surface area contributed by atoms with Gasteiger partial charge >= 0.3 is 6.09 Å². The highest BCUT2D eigenvalue weighted by molar-refractivity contribution is 9.10. The van der Waals surface area contributed by atoms with Crippen LogP contribution in [0.3, 0.4) is 0 Å². The van der Waals surface area contributed by atoms with Crippen molar-refractivity contribution in [3.63, 3.8) is 0 Å². The van der Waals surface area contributed by atoms with Crippen LogP contribution in [-0.2, 0) is 0 Å². The lowest BCUT2D eigenvalue weighted by Gasteiger charge is -2.43. The Hall–Kier alpha value is -1.27. The number of amides is 1. The number of anilines is 2. The van der Waals surface area contributed by atoms with Gasteiger partial charge in [-0.25, -0.2) is 4.79 Å². The number of benzene rings is 1. The molecular formula is C20H30BrN3O2. The van der Waals surface area contributed by atoms with E-state index in [9.17, 15) is 9.90 Å². The second kappa shape index (κ2) is 9.60. The van der Waals surface area contributed by atoms with Gasteiger partial charge in [0.05, 0.1) is 11.4 Å². The largest absolute Gasteiger partial charge is 0.465 e. The highest BCUT2D eigenvalue weighted by atomic mass is 79.9. The fraction of sp³-hybridized carbons (Fsp3) is 0.650. The van der Waals surface area contributed by atoms with Crippen molar-refractivity contribution in [2.75, 3.05) is 23.3 Å². The minimum absolute atomic E-state index is 0.462. The number of piperidine rings is 1. The summed E-state index contributed by atoms with van der Waals surface area (Å²) in [6, 6.07) is 6.83. The lowest BCUT2D eigenvalue weighted by Crippen LogP contribution is -2.49. The van der Waals surface area contributed by atoms with Gasteiger partial charge in [-0.3, -0.25) is 5.32 Å². The number of halogens is 1. The molecule has 3 N–H and O–H groups in total. The molecule has 2 fully saturated rings. The van der Waals surface area contributed by atoms with E-state index in [0.29, 0.717) is 17.8 Å². The topological polar surface area (TPSA) is 64.6 Å². The summed E-state index contributed by atoms with van der Waals surface area (Å²) in [5.74, 6) is 0. The third-order valence-electron chi connectivity index (χ3n) is 5.65. The van der Waals surface area contributed by atoms with Crippen molar-refractivity contribution in [1.29, 1.82) is 0 Å². The van der Waals surface area contributed by atoms with Crippen LogP contribution in [0.2, 0.25) is 0 Å². The van der Waals surface area contributed by atoms with Crippen molar-refractivity contribution in [1.82, 2.24) is 5.32 Å². The average Bonchev–Trinajstić information content (AvgIpc) is 2.59. The van der Waals surface area contributed by atoms with Crippen molar-refractivity contribution >= 4 is 33.4 Å². The van der Waals surface area contributed by atoms with Gasteiger partial charge < -0.3 is 15.3 Å². The van der Waals surface area contributed by atoms with Crippen LogP contribution in [0, 0.1) is 0 Å². The summed E-state index contributed by atoms with van der Waals surface area (Å²) in [5, 5.41) is 15.4. The molecule has 1 aromatic carbocycles. The zero-order valence-electron chi connectivity index (χ0n) is 15.3. The van der Waals surface area contributed by atoms with Gasteiger partial charge in [0.1, 0.15) is 0 Å². The molecule has 2 aliphatic rings. The minimum Gasteiger partial charge on any atom is -0.465 e. The molecule has 0 aromatic heterocycles. The Morgan fingerprint density at radius 3 is 2.31 bits per heavy atom. The summed E-state index contributed by atoms with van der Waals surface area (Å²) in [4.78, 5) is 13.9. The Morgan fingerprint density at radius 2 is 1.65 bits per heavy atom. The molecule has 1 aliphatic carbocycles. The number of rotatable bonds is 4. The first kappa shape index (κ1) is 19.5. The molecule has 1 aliphatic heterocycles. The third kappa shape index (κ3) is 5.13. The smallest absolute Gasteiger partial charge is 0.409 e. The van der Waals surface area contributed by atoms with Crippen molar-refractivity contribution in [3.8, 4) is 0 Å². The molecule has 0 bridgehead atoms. The van der Waals surface area contributed by atoms with Crippen LogP contribution in [0.5, 0.6) is 0 Å². The number of nitrogens with one attached hydrogen (secondary N) is 2. The predicted molar refractivity (Wildman–Crippen MR) is 110 cm³/mol. The van der Waals surface area contributed by atoms with Gasteiger partial charge in [-0.05, 0) is 57.0 Å². The SMILES string of the molecule is O=C(O)Nc1ccc(Br)cc1N(C1CCCCCCC1)C1CCNCC1. The molecule has 0 unspecified atom stereocenters. The van der Waals surface area contributed by atoms with Crippen molar-refractivity contribution in [3.05, 3.63) is 22.7 Å². The first-order valence-electron chi connectivity index (χ1n) is 9.93. The Morgan fingerprint density at radius 1 is 1.04 bits per heavy atom. The highest BCUT2D eigenvalue weighted by Gasteiger charge is 2.30. The standard InChI is InChI=1S/C20H30BrN3O2/c21-15-8-9-18(23-20(25)26)19(14-15)24(17-10-12-22-13-11-17)16-6-4-2-1-3-5-7-16/h8-9,14,16-17,22-23H,1-7,10-13H2,(H,25,26). The molecule has 1 saturated carbocycles. The second-order valence-corrected chi connectivity index (χ2v) is 8.39. The summed E-state index contributed by atoms with van der Waals surface area (Å²) < 4.78 is 0.994. The maximum Gasteiger partial charge on any atom is 0.409 e. The van der Waals surface area contributed by atoms with Gasteiger partial charge in [-0.1, -0.05) is 48.0 Å². The van der Waals surface area contributed by atoms with Crippen molar-refractivity contribution in [2.45, 2.75) is 69.9 Å². The van der Waals surface area contributed by atoms with Gasteiger partial charge in [-0.2, -0.15) is 0 Å². The second-order valence-electron chi connectivity index (χ2n) is 7.48. The molecule has 26 heavy (non-hydrogen) atoms. The Labute approximate surface area is 164 Å². The Balaban J connectivity index is 1.96. The molecule has 5 nitrogen and oxygen atoms in total.